The van der Waals surface area contributed by atoms with Gasteiger partial charge >= 0.3 is 0 Å². The molecule has 2 aliphatic rings. The first-order valence-electron chi connectivity index (χ1n) is 9.89. The van der Waals surface area contributed by atoms with E-state index in [0.717, 1.165) is 63.8 Å². The maximum absolute atomic E-state index is 12.5. The largest absolute Gasteiger partial charge is 0.368 e. The van der Waals surface area contributed by atoms with Crippen LogP contribution in [0.3, 0.4) is 0 Å². The molecule has 156 valence electrons. The van der Waals surface area contributed by atoms with E-state index in [2.05, 4.69) is 41.4 Å². The average molecular weight is 518 g/mol. The van der Waals surface area contributed by atoms with E-state index in [1.54, 1.807) is 0 Å². The topological polar surface area (TPSA) is 57.2 Å². The first-order chi connectivity index (χ1) is 13.3. The highest BCUT2D eigenvalue weighted by Crippen LogP contribution is 2.17. The number of rotatable bonds is 6. The molecule has 2 heterocycles. The van der Waals surface area contributed by atoms with Crippen molar-refractivity contribution in [2.45, 2.75) is 30.8 Å². The second-order valence-corrected chi connectivity index (χ2v) is 7.88. The van der Waals surface area contributed by atoms with Crippen LogP contribution in [0.2, 0.25) is 0 Å². The molecular formula is C20H31IN4O2S. The predicted octanol–water partition coefficient (Wildman–Crippen LogP) is 2.69. The number of guanidine groups is 1. The van der Waals surface area contributed by atoms with Crippen LogP contribution in [0.4, 0.5) is 0 Å². The normalized spacial score (nSPS) is 20.0. The summed E-state index contributed by atoms with van der Waals surface area (Å²) in [6, 6.07) is 10.4. The molecule has 1 N–H and O–H groups in total. The second-order valence-electron chi connectivity index (χ2n) is 6.71. The monoisotopic (exact) mass is 518 g/mol. The molecule has 1 aromatic rings. The van der Waals surface area contributed by atoms with Crippen molar-refractivity contribution in [1.29, 1.82) is 0 Å². The molecule has 8 heteroatoms. The van der Waals surface area contributed by atoms with Gasteiger partial charge in [-0.25, -0.2) is 0 Å². The lowest BCUT2D eigenvalue weighted by Crippen LogP contribution is -2.55. The second kappa shape index (κ2) is 12.5. The molecular weight excluding hydrogens is 487 g/mol. The Morgan fingerprint density at radius 2 is 1.93 bits per heavy atom. The van der Waals surface area contributed by atoms with Crippen molar-refractivity contribution in [3.63, 3.8) is 0 Å². The fourth-order valence-corrected chi connectivity index (χ4v) is 4.14. The maximum Gasteiger partial charge on any atom is 0.251 e. The third kappa shape index (κ3) is 6.81. The summed E-state index contributed by atoms with van der Waals surface area (Å²) < 4.78 is 5.54. The molecule has 6 nitrogen and oxygen atoms in total. The number of amides is 1. The van der Waals surface area contributed by atoms with E-state index in [1.165, 1.54) is 4.90 Å². The number of nitrogens with zero attached hydrogens (tertiary/aromatic N) is 3. The number of halogens is 1. The number of aliphatic imine (C=N–C) groups is 1. The molecule has 28 heavy (non-hydrogen) atoms. The zero-order valence-corrected chi connectivity index (χ0v) is 19.7. The summed E-state index contributed by atoms with van der Waals surface area (Å²) >= 11 is 1.83. The number of piperazine rings is 1. The summed E-state index contributed by atoms with van der Waals surface area (Å²) in [6.07, 6.45) is 1.64. The van der Waals surface area contributed by atoms with Crippen LogP contribution in [-0.4, -0.2) is 79.4 Å². The molecule has 1 atom stereocenters. The number of carbonyl (C=O) groups is 1. The molecule has 0 aromatic heterocycles. The summed E-state index contributed by atoms with van der Waals surface area (Å²) in [5.41, 5.74) is 0. The van der Waals surface area contributed by atoms with Crippen LogP contribution in [0.5, 0.6) is 0 Å². The highest BCUT2D eigenvalue weighted by Gasteiger charge is 2.30. The minimum atomic E-state index is -0.214. The Hall–Kier alpha value is -1.00. The SMILES string of the molecule is CCNC(=NCCSc1ccccc1)N1CCN(C(=O)C2CCCO2)CC1.I. The van der Waals surface area contributed by atoms with E-state index < -0.39 is 0 Å². The highest BCUT2D eigenvalue weighted by atomic mass is 127. The molecule has 0 spiro atoms. The lowest BCUT2D eigenvalue weighted by molar-refractivity contribution is -0.142. The first kappa shape index (κ1) is 23.3. The predicted molar refractivity (Wildman–Crippen MR) is 126 cm³/mol. The molecule has 1 aromatic carbocycles. The fraction of sp³-hybridized carbons (Fsp3) is 0.600. The van der Waals surface area contributed by atoms with E-state index in [-0.39, 0.29) is 36.0 Å². The molecule has 1 amide bonds. The molecule has 0 aliphatic carbocycles. The number of benzene rings is 1. The van der Waals surface area contributed by atoms with Gasteiger partial charge in [-0.2, -0.15) is 0 Å². The summed E-state index contributed by atoms with van der Waals surface area (Å²) in [5, 5.41) is 3.39. The zero-order chi connectivity index (χ0) is 18.9. The first-order valence-corrected chi connectivity index (χ1v) is 10.9. The van der Waals surface area contributed by atoms with Crippen LogP contribution in [0, 0.1) is 0 Å². The molecule has 3 rings (SSSR count). The van der Waals surface area contributed by atoms with E-state index in [0.29, 0.717) is 6.61 Å². The van der Waals surface area contributed by atoms with Crippen molar-refractivity contribution in [1.82, 2.24) is 15.1 Å². The summed E-state index contributed by atoms with van der Waals surface area (Å²) in [6.45, 7) is 7.53. The van der Waals surface area contributed by atoms with Gasteiger partial charge in [0.25, 0.3) is 5.91 Å². The van der Waals surface area contributed by atoms with Gasteiger partial charge < -0.3 is 19.9 Å². The minimum Gasteiger partial charge on any atom is -0.368 e. The number of nitrogens with one attached hydrogen (secondary N) is 1. The Balaban J connectivity index is 0.00000280. The third-order valence-electron chi connectivity index (χ3n) is 4.80. The van der Waals surface area contributed by atoms with Gasteiger partial charge in [0.05, 0.1) is 6.54 Å². The minimum absolute atomic E-state index is 0. The quantitative estimate of drug-likeness (QED) is 0.206. The van der Waals surface area contributed by atoms with Gasteiger partial charge in [-0.1, -0.05) is 18.2 Å². The van der Waals surface area contributed by atoms with E-state index in [1.807, 2.05) is 22.7 Å². The van der Waals surface area contributed by atoms with Crippen molar-refractivity contribution < 1.29 is 9.53 Å². The Bertz CT molecular complexity index is 618. The van der Waals surface area contributed by atoms with Crippen molar-refractivity contribution >= 4 is 47.6 Å². The van der Waals surface area contributed by atoms with Crippen molar-refractivity contribution in [3.8, 4) is 0 Å². The van der Waals surface area contributed by atoms with E-state index in [4.69, 9.17) is 9.73 Å². The smallest absolute Gasteiger partial charge is 0.251 e. The molecule has 0 radical (unpaired) electrons. The van der Waals surface area contributed by atoms with E-state index in [9.17, 15) is 4.79 Å². The number of ether oxygens (including phenoxy) is 1. The van der Waals surface area contributed by atoms with Crippen LogP contribution in [0.25, 0.3) is 0 Å². The van der Waals surface area contributed by atoms with Crippen molar-refractivity contribution in [3.05, 3.63) is 30.3 Å². The van der Waals surface area contributed by atoms with Crippen LogP contribution >= 0.6 is 35.7 Å². The van der Waals surface area contributed by atoms with E-state index >= 15 is 0 Å². The van der Waals surface area contributed by atoms with Gasteiger partial charge in [0.1, 0.15) is 6.10 Å². The average Bonchev–Trinajstić information content (AvgIpc) is 3.26. The standard InChI is InChI=1S/C20H30N4O2S.HI/c1-2-21-20(22-10-16-27-17-7-4-3-5-8-17)24-13-11-23(12-14-24)19(25)18-9-6-15-26-18;/h3-5,7-8,18H,2,6,9-16H2,1H3,(H,21,22);1H. The Kier molecular flexibility index (Phi) is 10.4. The van der Waals surface area contributed by atoms with Gasteiger partial charge in [-0.3, -0.25) is 9.79 Å². The van der Waals surface area contributed by atoms with Crippen LogP contribution < -0.4 is 5.32 Å². The molecule has 2 saturated heterocycles. The number of carbonyl (C=O) groups excluding carboxylic acids is 1. The summed E-state index contributed by atoms with van der Waals surface area (Å²) in [4.78, 5) is 22.7. The lowest BCUT2D eigenvalue weighted by Gasteiger charge is -2.37. The van der Waals surface area contributed by atoms with Crippen molar-refractivity contribution in [2.75, 3.05) is 51.6 Å². The summed E-state index contributed by atoms with van der Waals surface area (Å²) in [5.74, 6) is 2.07. The van der Waals surface area contributed by atoms with Gasteiger partial charge in [-0.15, -0.1) is 35.7 Å². The van der Waals surface area contributed by atoms with Crippen LogP contribution in [-0.2, 0) is 9.53 Å². The van der Waals surface area contributed by atoms with Gasteiger partial charge in [-0.05, 0) is 31.9 Å². The maximum atomic E-state index is 12.5. The van der Waals surface area contributed by atoms with Crippen LogP contribution in [0.1, 0.15) is 19.8 Å². The molecule has 2 fully saturated rings. The Morgan fingerprint density at radius 3 is 2.57 bits per heavy atom. The van der Waals surface area contributed by atoms with Gasteiger partial charge in [0, 0.05) is 50.0 Å². The van der Waals surface area contributed by atoms with Crippen LogP contribution in [0.15, 0.2) is 40.2 Å². The third-order valence-corrected chi connectivity index (χ3v) is 5.79. The van der Waals surface area contributed by atoms with Crippen molar-refractivity contribution in [2.24, 2.45) is 4.99 Å². The molecule has 2 aliphatic heterocycles. The molecule has 1 unspecified atom stereocenters. The fourth-order valence-electron chi connectivity index (χ4n) is 3.37. The van der Waals surface area contributed by atoms with Gasteiger partial charge in [0.2, 0.25) is 0 Å². The van der Waals surface area contributed by atoms with Gasteiger partial charge in [0.15, 0.2) is 5.96 Å². The zero-order valence-electron chi connectivity index (χ0n) is 16.5. The molecule has 0 saturated carbocycles. The highest BCUT2D eigenvalue weighted by molar-refractivity contribution is 14.0. The lowest BCUT2D eigenvalue weighted by atomic mass is 10.2. The molecule has 0 bridgehead atoms. The number of hydrogen-bond donors (Lipinski definition) is 1. The summed E-state index contributed by atoms with van der Waals surface area (Å²) in [7, 11) is 0. The number of thioether (sulfide) groups is 1. The Morgan fingerprint density at radius 1 is 1.21 bits per heavy atom. The number of hydrogen-bond acceptors (Lipinski definition) is 4. The Labute approximate surface area is 189 Å².